The van der Waals surface area contributed by atoms with Crippen molar-refractivity contribution in [3.8, 4) is 0 Å². The van der Waals surface area contributed by atoms with Crippen LogP contribution in [0.5, 0.6) is 0 Å². The molecule has 82 valence electrons. The van der Waals surface area contributed by atoms with Crippen LogP contribution in [0.3, 0.4) is 0 Å². The molecular formula is C12H24N2. The van der Waals surface area contributed by atoms with Gasteiger partial charge in [0.15, 0.2) is 0 Å². The van der Waals surface area contributed by atoms with Crippen LogP contribution in [0.4, 0.5) is 0 Å². The molecule has 14 heavy (non-hydrogen) atoms. The maximum Gasteiger partial charge on any atom is 0.0185 e. The maximum atomic E-state index is 6.03. The minimum atomic E-state index is 0.349. The van der Waals surface area contributed by atoms with Gasteiger partial charge in [0.25, 0.3) is 0 Å². The Morgan fingerprint density at radius 3 is 2.43 bits per heavy atom. The standard InChI is InChI=1S/C12H24N2/c1-12(2)7-11(13)9-14(12)8-10-5-3-4-6-10/h10-11H,3-9,13H2,1-2H3. The Morgan fingerprint density at radius 1 is 1.29 bits per heavy atom. The van der Waals surface area contributed by atoms with Gasteiger partial charge in [-0.15, -0.1) is 0 Å². The van der Waals surface area contributed by atoms with E-state index in [4.69, 9.17) is 5.73 Å². The van der Waals surface area contributed by atoms with Crippen LogP contribution < -0.4 is 5.73 Å². The van der Waals surface area contributed by atoms with E-state index in [0.29, 0.717) is 11.6 Å². The van der Waals surface area contributed by atoms with Gasteiger partial charge >= 0.3 is 0 Å². The summed E-state index contributed by atoms with van der Waals surface area (Å²) >= 11 is 0. The van der Waals surface area contributed by atoms with Gasteiger partial charge in [0.2, 0.25) is 0 Å². The van der Waals surface area contributed by atoms with E-state index in [-0.39, 0.29) is 0 Å². The fourth-order valence-electron chi connectivity index (χ4n) is 3.19. The predicted molar refractivity (Wildman–Crippen MR) is 60.2 cm³/mol. The molecule has 1 aliphatic heterocycles. The smallest absolute Gasteiger partial charge is 0.0185 e. The molecule has 0 aromatic rings. The molecule has 0 spiro atoms. The molecule has 2 N–H and O–H groups in total. The van der Waals surface area contributed by atoms with E-state index in [1.165, 1.54) is 38.6 Å². The fraction of sp³-hybridized carbons (Fsp3) is 1.00. The molecule has 1 atom stereocenters. The lowest BCUT2D eigenvalue weighted by atomic mass is 9.99. The molecule has 1 unspecified atom stereocenters. The van der Waals surface area contributed by atoms with E-state index >= 15 is 0 Å². The van der Waals surface area contributed by atoms with E-state index in [9.17, 15) is 0 Å². The summed E-state index contributed by atoms with van der Waals surface area (Å²) in [6, 6.07) is 0.409. The normalized spacial score (nSPS) is 34.1. The average molecular weight is 196 g/mol. The van der Waals surface area contributed by atoms with Crippen LogP contribution in [0.2, 0.25) is 0 Å². The van der Waals surface area contributed by atoms with Gasteiger partial charge in [-0.1, -0.05) is 12.8 Å². The molecule has 1 saturated heterocycles. The number of hydrogen-bond donors (Lipinski definition) is 1. The monoisotopic (exact) mass is 196 g/mol. The van der Waals surface area contributed by atoms with E-state index in [1.807, 2.05) is 0 Å². The molecule has 1 saturated carbocycles. The fourth-order valence-corrected chi connectivity index (χ4v) is 3.19. The van der Waals surface area contributed by atoms with Crippen LogP contribution in [-0.2, 0) is 0 Å². The van der Waals surface area contributed by atoms with Crippen molar-refractivity contribution >= 4 is 0 Å². The number of nitrogens with two attached hydrogens (primary N) is 1. The summed E-state index contributed by atoms with van der Waals surface area (Å²) in [5.41, 5.74) is 6.38. The molecule has 2 nitrogen and oxygen atoms in total. The molecule has 1 aliphatic carbocycles. The number of nitrogens with zero attached hydrogens (tertiary/aromatic N) is 1. The van der Waals surface area contributed by atoms with Crippen LogP contribution in [0.1, 0.15) is 46.0 Å². The zero-order valence-corrected chi connectivity index (χ0v) is 9.63. The first-order chi connectivity index (χ1) is 6.58. The number of rotatable bonds is 2. The van der Waals surface area contributed by atoms with Crippen molar-refractivity contribution in [2.24, 2.45) is 11.7 Å². The zero-order chi connectivity index (χ0) is 10.2. The Kier molecular flexibility index (Phi) is 2.85. The summed E-state index contributed by atoms with van der Waals surface area (Å²) in [7, 11) is 0. The van der Waals surface area contributed by atoms with Crippen molar-refractivity contribution < 1.29 is 0 Å². The SMILES string of the molecule is CC1(C)CC(N)CN1CC1CCCC1. The molecule has 0 radical (unpaired) electrons. The van der Waals surface area contributed by atoms with E-state index in [0.717, 1.165) is 12.5 Å². The molecular weight excluding hydrogens is 172 g/mol. The van der Waals surface area contributed by atoms with Gasteiger partial charge in [-0.3, -0.25) is 4.90 Å². The molecule has 0 bridgehead atoms. The summed E-state index contributed by atoms with van der Waals surface area (Å²) in [5, 5.41) is 0. The summed E-state index contributed by atoms with van der Waals surface area (Å²) in [6.45, 7) is 7.09. The van der Waals surface area contributed by atoms with Crippen LogP contribution in [0.25, 0.3) is 0 Å². The van der Waals surface area contributed by atoms with Crippen LogP contribution in [-0.4, -0.2) is 29.6 Å². The van der Waals surface area contributed by atoms with Crippen molar-refractivity contribution in [2.75, 3.05) is 13.1 Å². The highest BCUT2D eigenvalue weighted by atomic mass is 15.2. The predicted octanol–water partition coefficient (Wildman–Crippen LogP) is 1.99. The van der Waals surface area contributed by atoms with Gasteiger partial charge in [0.1, 0.15) is 0 Å². The van der Waals surface area contributed by atoms with Crippen molar-refractivity contribution in [3.05, 3.63) is 0 Å². The molecule has 0 aromatic carbocycles. The van der Waals surface area contributed by atoms with Crippen LogP contribution in [0, 0.1) is 5.92 Å². The van der Waals surface area contributed by atoms with Crippen LogP contribution in [0.15, 0.2) is 0 Å². The van der Waals surface area contributed by atoms with Gasteiger partial charge in [0.05, 0.1) is 0 Å². The van der Waals surface area contributed by atoms with Gasteiger partial charge < -0.3 is 5.73 Å². The summed E-state index contributed by atoms with van der Waals surface area (Å²) < 4.78 is 0. The second-order valence-electron chi connectivity index (χ2n) is 5.83. The highest BCUT2D eigenvalue weighted by Crippen LogP contribution is 2.32. The Bertz CT molecular complexity index is 194. The topological polar surface area (TPSA) is 29.3 Å². The zero-order valence-electron chi connectivity index (χ0n) is 9.63. The number of likely N-dealkylation sites (tertiary alicyclic amines) is 1. The largest absolute Gasteiger partial charge is 0.326 e. The highest BCUT2D eigenvalue weighted by molar-refractivity contribution is 4.95. The lowest BCUT2D eigenvalue weighted by molar-refractivity contribution is 0.148. The first-order valence-electron chi connectivity index (χ1n) is 6.08. The molecule has 2 fully saturated rings. The van der Waals surface area contributed by atoms with Gasteiger partial charge in [-0.05, 0) is 39.0 Å². The Morgan fingerprint density at radius 2 is 1.93 bits per heavy atom. The minimum Gasteiger partial charge on any atom is -0.326 e. The number of hydrogen-bond acceptors (Lipinski definition) is 2. The lowest BCUT2D eigenvalue weighted by Crippen LogP contribution is -2.40. The van der Waals surface area contributed by atoms with E-state index in [2.05, 4.69) is 18.7 Å². The Balaban J connectivity index is 1.90. The quantitative estimate of drug-likeness (QED) is 0.732. The van der Waals surface area contributed by atoms with Gasteiger partial charge in [0, 0.05) is 24.7 Å². The Labute approximate surface area is 87.8 Å². The molecule has 2 rings (SSSR count). The Hall–Kier alpha value is -0.0800. The van der Waals surface area contributed by atoms with Gasteiger partial charge in [-0.2, -0.15) is 0 Å². The van der Waals surface area contributed by atoms with Crippen molar-refractivity contribution in [3.63, 3.8) is 0 Å². The van der Waals surface area contributed by atoms with Crippen molar-refractivity contribution in [1.29, 1.82) is 0 Å². The summed E-state index contributed by atoms with van der Waals surface area (Å²) in [4.78, 5) is 2.62. The van der Waals surface area contributed by atoms with Crippen molar-refractivity contribution in [1.82, 2.24) is 4.90 Å². The van der Waals surface area contributed by atoms with Crippen LogP contribution >= 0.6 is 0 Å². The molecule has 0 aromatic heterocycles. The second kappa shape index (κ2) is 3.82. The van der Waals surface area contributed by atoms with E-state index < -0.39 is 0 Å². The van der Waals surface area contributed by atoms with Gasteiger partial charge in [-0.25, -0.2) is 0 Å². The summed E-state index contributed by atoms with van der Waals surface area (Å²) in [5.74, 6) is 0.958. The average Bonchev–Trinajstić information content (AvgIpc) is 2.61. The van der Waals surface area contributed by atoms with E-state index in [1.54, 1.807) is 0 Å². The highest BCUT2D eigenvalue weighted by Gasteiger charge is 2.37. The van der Waals surface area contributed by atoms with Crippen molar-refractivity contribution in [2.45, 2.75) is 57.5 Å². The molecule has 2 aliphatic rings. The second-order valence-corrected chi connectivity index (χ2v) is 5.83. The minimum absolute atomic E-state index is 0.349. The molecule has 0 amide bonds. The first-order valence-corrected chi connectivity index (χ1v) is 6.08. The molecule has 1 heterocycles. The summed E-state index contributed by atoms with van der Waals surface area (Å²) in [6.07, 6.45) is 6.96. The third-order valence-corrected chi connectivity index (χ3v) is 4.03. The first kappa shape index (κ1) is 10.4. The molecule has 2 heteroatoms. The third-order valence-electron chi connectivity index (χ3n) is 4.03. The lowest BCUT2D eigenvalue weighted by Gasteiger charge is -2.33. The third kappa shape index (κ3) is 2.12. The maximum absolute atomic E-state index is 6.03.